The van der Waals surface area contributed by atoms with E-state index in [2.05, 4.69) is 66.8 Å². The fourth-order valence-corrected chi connectivity index (χ4v) is 5.02. The Kier molecular flexibility index (Phi) is 2.82. The first-order chi connectivity index (χ1) is 7.93. The summed E-state index contributed by atoms with van der Waals surface area (Å²) in [5.74, 6) is 1.31. The van der Waals surface area contributed by atoms with Crippen molar-refractivity contribution in [1.29, 1.82) is 0 Å². The fourth-order valence-electron chi connectivity index (χ4n) is 2.28. The summed E-state index contributed by atoms with van der Waals surface area (Å²) in [7, 11) is 0. The second-order valence-corrected chi connectivity index (χ2v) is 6.83. The van der Waals surface area contributed by atoms with Gasteiger partial charge < -0.3 is 0 Å². The number of fused-ring (bicyclic) bond motifs is 2. The molecule has 80 valence electrons. The third-order valence-corrected chi connectivity index (χ3v) is 6.14. The van der Waals surface area contributed by atoms with E-state index >= 15 is 0 Å². The van der Waals surface area contributed by atoms with Crippen LogP contribution in [0.25, 0.3) is 0 Å². The summed E-state index contributed by atoms with van der Waals surface area (Å²) in [6, 6.07) is 10.9. The minimum atomic E-state index is 0.569. The molecule has 0 saturated heterocycles. The molecule has 2 atom stereocenters. The van der Waals surface area contributed by atoms with Gasteiger partial charge in [-0.25, -0.2) is 0 Å². The van der Waals surface area contributed by atoms with Crippen LogP contribution in [0.15, 0.2) is 66.8 Å². The van der Waals surface area contributed by atoms with Crippen LogP contribution in [0.1, 0.15) is 0 Å². The van der Waals surface area contributed by atoms with Gasteiger partial charge in [-0.2, -0.15) is 0 Å². The molecule has 1 aromatic rings. The maximum absolute atomic E-state index is 2.38. The predicted octanol–water partition coefficient (Wildman–Crippen LogP) is 2.73. The molecule has 3 rings (SSSR count). The SMILES string of the molecule is C1=CC2C=CC(C=C1)C2[Se]c1ccccc1. The summed E-state index contributed by atoms with van der Waals surface area (Å²) in [5, 5.41) is 0. The Morgan fingerprint density at radius 1 is 0.750 bits per heavy atom. The standard InChI is InChI=1S/C15H14Se/c1-2-8-14(9-3-1)16-15-12-6-4-5-7-13(15)11-10-12/h1-13,15H. The summed E-state index contributed by atoms with van der Waals surface area (Å²) in [6.07, 6.45) is 13.8. The van der Waals surface area contributed by atoms with Crippen LogP contribution in [-0.2, 0) is 0 Å². The van der Waals surface area contributed by atoms with Gasteiger partial charge in [-0.3, -0.25) is 0 Å². The van der Waals surface area contributed by atoms with Crippen LogP contribution < -0.4 is 4.46 Å². The zero-order valence-electron chi connectivity index (χ0n) is 8.99. The summed E-state index contributed by atoms with van der Waals surface area (Å²) in [6.45, 7) is 0. The zero-order chi connectivity index (χ0) is 10.8. The summed E-state index contributed by atoms with van der Waals surface area (Å²) in [5.41, 5.74) is 0. The molecule has 0 fully saturated rings. The van der Waals surface area contributed by atoms with E-state index in [1.807, 2.05) is 0 Å². The Morgan fingerprint density at radius 3 is 2.00 bits per heavy atom. The van der Waals surface area contributed by atoms with E-state index in [9.17, 15) is 0 Å². The van der Waals surface area contributed by atoms with Gasteiger partial charge in [0.05, 0.1) is 0 Å². The van der Waals surface area contributed by atoms with Gasteiger partial charge in [0.1, 0.15) is 0 Å². The van der Waals surface area contributed by atoms with E-state index in [0.717, 1.165) is 4.82 Å². The van der Waals surface area contributed by atoms with Crippen LogP contribution in [0, 0.1) is 11.8 Å². The van der Waals surface area contributed by atoms with Gasteiger partial charge in [0.15, 0.2) is 0 Å². The first-order valence-electron chi connectivity index (χ1n) is 5.68. The monoisotopic (exact) mass is 274 g/mol. The van der Waals surface area contributed by atoms with Crippen LogP contribution in [0.3, 0.4) is 0 Å². The summed E-state index contributed by atoms with van der Waals surface area (Å²) < 4.78 is 1.52. The van der Waals surface area contributed by atoms with Gasteiger partial charge in [-0.15, -0.1) is 0 Å². The van der Waals surface area contributed by atoms with Crippen LogP contribution in [-0.4, -0.2) is 15.0 Å². The molecule has 0 spiro atoms. The van der Waals surface area contributed by atoms with E-state index < -0.39 is 0 Å². The molecule has 0 radical (unpaired) electrons. The van der Waals surface area contributed by atoms with E-state index in [0.29, 0.717) is 26.8 Å². The van der Waals surface area contributed by atoms with Crippen molar-refractivity contribution in [1.82, 2.24) is 0 Å². The van der Waals surface area contributed by atoms with Gasteiger partial charge in [-0.05, 0) is 0 Å². The number of hydrogen-bond donors (Lipinski definition) is 0. The first kappa shape index (κ1) is 10.1. The van der Waals surface area contributed by atoms with Gasteiger partial charge in [0.25, 0.3) is 0 Å². The summed E-state index contributed by atoms with van der Waals surface area (Å²) >= 11 is 0.569. The number of benzene rings is 1. The molecule has 1 aromatic carbocycles. The minimum absolute atomic E-state index is 0.569. The Morgan fingerprint density at radius 2 is 1.38 bits per heavy atom. The van der Waals surface area contributed by atoms with Gasteiger partial charge in [0, 0.05) is 0 Å². The third-order valence-electron chi connectivity index (χ3n) is 3.11. The van der Waals surface area contributed by atoms with E-state index in [-0.39, 0.29) is 0 Å². The molecule has 2 aliphatic rings. The molecule has 0 heterocycles. The molecular formula is C15H14Se. The molecule has 0 aromatic heterocycles. The van der Waals surface area contributed by atoms with Crippen LogP contribution in [0.4, 0.5) is 0 Å². The Bertz CT molecular complexity index is 420. The normalized spacial score (nSPS) is 30.6. The molecular weight excluding hydrogens is 259 g/mol. The van der Waals surface area contributed by atoms with Crippen molar-refractivity contribution >= 4 is 19.4 Å². The van der Waals surface area contributed by atoms with Crippen molar-refractivity contribution in [3.63, 3.8) is 0 Å². The number of hydrogen-bond acceptors (Lipinski definition) is 0. The fraction of sp³-hybridized carbons (Fsp3) is 0.200. The zero-order valence-corrected chi connectivity index (χ0v) is 10.7. The second-order valence-electron chi connectivity index (χ2n) is 4.20. The van der Waals surface area contributed by atoms with Gasteiger partial charge in [-0.1, -0.05) is 0 Å². The number of allylic oxidation sites excluding steroid dienone is 6. The first-order valence-corrected chi connectivity index (χ1v) is 7.53. The Hall–Kier alpha value is -1.04. The molecule has 0 amide bonds. The predicted molar refractivity (Wildman–Crippen MR) is 70.0 cm³/mol. The molecule has 1 heteroatoms. The average molecular weight is 273 g/mol. The second kappa shape index (κ2) is 4.45. The van der Waals surface area contributed by atoms with Gasteiger partial charge in [0.2, 0.25) is 0 Å². The van der Waals surface area contributed by atoms with Crippen molar-refractivity contribution < 1.29 is 0 Å². The average Bonchev–Trinajstić information content (AvgIpc) is 2.54. The van der Waals surface area contributed by atoms with E-state index in [1.54, 1.807) is 0 Å². The van der Waals surface area contributed by atoms with E-state index in [1.165, 1.54) is 4.46 Å². The maximum atomic E-state index is 2.38. The van der Waals surface area contributed by atoms with E-state index in [4.69, 9.17) is 0 Å². The molecule has 0 N–H and O–H groups in total. The molecule has 0 saturated carbocycles. The Labute approximate surface area is 103 Å². The van der Waals surface area contributed by atoms with Crippen molar-refractivity contribution in [2.24, 2.45) is 11.8 Å². The molecule has 16 heavy (non-hydrogen) atoms. The quantitative estimate of drug-likeness (QED) is 0.574. The van der Waals surface area contributed by atoms with Crippen molar-refractivity contribution in [2.75, 3.05) is 0 Å². The molecule has 2 unspecified atom stereocenters. The third kappa shape index (κ3) is 1.93. The van der Waals surface area contributed by atoms with Crippen LogP contribution >= 0.6 is 0 Å². The molecule has 0 aliphatic heterocycles. The number of rotatable bonds is 2. The Balaban J connectivity index is 1.82. The molecule has 0 nitrogen and oxygen atoms in total. The van der Waals surface area contributed by atoms with Crippen molar-refractivity contribution in [2.45, 2.75) is 4.82 Å². The van der Waals surface area contributed by atoms with Crippen LogP contribution in [0.2, 0.25) is 4.82 Å². The van der Waals surface area contributed by atoms with Crippen LogP contribution in [0.5, 0.6) is 0 Å². The topological polar surface area (TPSA) is 0 Å². The van der Waals surface area contributed by atoms with Crippen molar-refractivity contribution in [3.8, 4) is 0 Å². The molecule has 2 aliphatic carbocycles. The summed E-state index contributed by atoms with van der Waals surface area (Å²) in [4.78, 5) is 0.782. The van der Waals surface area contributed by atoms with Crippen molar-refractivity contribution in [3.05, 3.63) is 66.8 Å². The molecule has 2 bridgehead atoms. The van der Waals surface area contributed by atoms with Gasteiger partial charge >= 0.3 is 103 Å².